The van der Waals surface area contributed by atoms with Gasteiger partial charge in [0, 0.05) is 13.8 Å². The zero-order valence-corrected chi connectivity index (χ0v) is 13.0. The molecule has 0 aliphatic rings. The van der Waals surface area contributed by atoms with Crippen LogP contribution in [0.25, 0.3) is 0 Å². The summed E-state index contributed by atoms with van der Waals surface area (Å²) in [6.07, 6.45) is -19.8. The largest absolute Gasteiger partial charge is 0.462 e. The first-order valence-corrected chi connectivity index (χ1v) is 6.30. The van der Waals surface area contributed by atoms with Crippen LogP contribution in [0.1, 0.15) is 20.8 Å². The quantitative estimate of drug-likeness (QED) is 0.437. The lowest BCUT2D eigenvalue weighted by Crippen LogP contribution is -2.60. The van der Waals surface area contributed by atoms with Crippen LogP contribution < -0.4 is 0 Å². The molecule has 4 nitrogen and oxygen atoms in total. The van der Waals surface area contributed by atoms with E-state index in [0.29, 0.717) is 0 Å². The molecular weight excluding hydrogens is 405 g/mol. The Balaban J connectivity index is 5.63. The molecule has 0 heterocycles. The summed E-state index contributed by atoms with van der Waals surface area (Å²) in [4.78, 5) is 11.0. The van der Waals surface area contributed by atoms with Crippen LogP contribution in [0.2, 0.25) is 0 Å². The van der Waals surface area contributed by atoms with Crippen LogP contribution in [0.4, 0.5) is 48.3 Å². The van der Waals surface area contributed by atoms with E-state index in [1.54, 1.807) is 0 Å². The summed E-state index contributed by atoms with van der Waals surface area (Å²) < 4.78 is 150. The van der Waals surface area contributed by atoms with Gasteiger partial charge in [0.25, 0.3) is 0 Å². The van der Waals surface area contributed by atoms with Crippen LogP contribution in [0.15, 0.2) is 0 Å². The molecule has 0 aromatic rings. The zero-order chi connectivity index (χ0) is 21.4. The van der Waals surface area contributed by atoms with E-state index in [-0.39, 0.29) is 6.92 Å². The van der Waals surface area contributed by atoms with Gasteiger partial charge in [0.1, 0.15) is 0 Å². The van der Waals surface area contributed by atoms with E-state index in [1.807, 2.05) is 0 Å². The van der Waals surface area contributed by atoms with Crippen molar-refractivity contribution in [1.29, 1.82) is 0 Å². The number of hydrogen-bond donors (Lipinski definition) is 0. The first-order valence-electron chi connectivity index (χ1n) is 6.30. The predicted molar refractivity (Wildman–Crippen MR) is 58.7 cm³/mol. The summed E-state index contributed by atoms with van der Waals surface area (Å²) >= 11 is 0. The van der Waals surface area contributed by atoms with E-state index in [4.69, 9.17) is 0 Å². The van der Waals surface area contributed by atoms with Gasteiger partial charge in [-0.2, -0.15) is 43.9 Å². The number of alkyl halides is 11. The van der Waals surface area contributed by atoms with Crippen molar-refractivity contribution in [2.24, 2.45) is 0 Å². The molecule has 0 unspecified atom stereocenters. The van der Waals surface area contributed by atoms with Gasteiger partial charge in [-0.05, 0) is 6.92 Å². The minimum absolute atomic E-state index is 0.0859. The Hall–Kier alpha value is -1.38. The van der Waals surface area contributed by atoms with Crippen molar-refractivity contribution in [1.82, 2.24) is 0 Å². The number of rotatable bonds is 8. The van der Waals surface area contributed by atoms with Gasteiger partial charge in [0.15, 0.2) is 0 Å². The summed E-state index contributed by atoms with van der Waals surface area (Å²) in [5, 5.41) is 0. The lowest BCUT2D eigenvalue weighted by molar-refractivity contribution is -0.499. The van der Waals surface area contributed by atoms with Gasteiger partial charge in [0.05, 0.1) is 6.61 Å². The van der Waals surface area contributed by atoms with Crippen LogP contribution in [0.5, 0.6) is 0 Å². The van der Waals surface area contributed by atoms with Gasteiger partial charge >= 0.3 is 42.0 Å². The molecule has 0 bridgehead atoms. The van der Waals surface area contributed by atoms with E-state index >= 15 is 0 Å². The van der Waals surface area contributed by atoms with Crippen molar-refractivity contribution in [2.75, 3.05) is 6.61 Å². The third-order valence-corrected chi connectivity index (χ3v) is 2.52. The van der Waals surface area contributed by atoms with Crippen LogP contribution in [0, 0.1) is 0 Å². The van der Waals surface area contributed by atoms with Crippen molar-refractivity contribution < 1.29 is 67.3 Å². The normalized spacial score (nSPS) is 18.8. The van der Waals surface area contributed by atoms with Gasteiger partial charge in [-0.1, -0.05) is 0 Å². The summed E-state index contributed by atoms with van der Waals surface area (Å²) in [5.74, 6) is -18.9. The molecule has 0 saturated carbocycles. The van der Waals surface area contributed by atoms with Gasteiger partial charge < -0.3 is 4.74 Å². The number of carbonyl (C=O) groups excluding carboxylic acids is 1. The van der Waals surface area contributed by atoms with E-state index < -0.39 is 55.5 Å². The molecule has 0 spiro atoms. The molecule has 156 valence electrons. The maximum atomic E-state index is 13.7. The highest BCUT2D eigenvalue weighted by molar-refractivity contribution is 5.77. The van der Waals surface area contributed by atoms with Crippen LogP contribution in [0.3, 0.4) is 0 Å². The zero-order valence-electron chi connectivity index (χ0n) is 13.0. The van der Waals surface area contributed by atoms with Crippen molar-refractivity contribution in [3.63, 3.8) is 0 Å². The minimum atomic E-state index is -7.09. The molecule has 15 heteroatoms. The average Bonchev–Trinajstić information content (AvgIpc) is 2.34. The average molecular weight is 416 g/mol. The second-order valence-electron chi connectivity index (χ2n) is 4.86. The maximum Gasteiger partial charge on any atom is 0.462 e. The van der Waals surface area contributed by atoms with Crippen molar-refractivity contribution in [3.05, 3.63) is 0 Å². The third kappa shape index (κ3) is 4.86. The monoisotopic (exact) mass is 416 g/mol. The minimum Gasteiger partial charge on any atom is -0.462 e. The highest BCUT2D eigenvalue weighted by Gasteiger charge is 2.78. The van der Waals surface area contributed by atoms with Gasteiger partial charge in [-0.15, -0.1) is 0 Å². The van der Waals surface area contributed by atoms with E-state index in [1.165, 1.54) is 0 Å². The Bertz CT molecular complexity index is 513. The van der Waals surface area contributed by atoms with E-state index in [2.05, 4.69) is 14.2 Å². The lowest BCUT2D eigenvalue weighted by Gasteiger charge is -2.36. The molecule has 0 radical (unpaired) electrons. The van der Waals surface area contributed by atoms with Gasteiger partial charge in [-0.3, -0.25) is 9.47 Å². The summed E-state index contributed by atoms with van der Waals surface area (Å²) in [6, 6.07) is 0. The Morgan fingerprint density at radius 2 is 1.19 bits per heavy atom. The highest BCUT2D eigenvalue weighted by atomic mass is 19.4. The smallest absolute Gasteiger partial charge is 0.462 e. The molecule has 0 N–H and O–H groups in total. The van der Waals surface area contributed by atoms with Crippen molar-refractivity contribution in [3.8, 4) is 0 Å². The molecule has 0 amide bonds. The second-order valence-corrected chi connectivity index (χ2v) is 4.86. The molecule has 0 aromatic heterocycles. The summed E-state index contributed by atoms with van der Waals surface area (Å²) in [5.41, 5.74) is 0. The number of esters is 1. The fourth-order valence-corrected chi connectivity index (χ4v) is 1.16. The number of carbonyl (C=O) groups is 1. The Kier molecular flexibility index (Phi) is 6.61. The Labute approximate surface area is 138 Å². The molecule has 0 rings (SSSR count). The molecule has 0 aliphatic heterocycles. The topological polar surface area (TPSA) is 44.8 Å². The van der Waals surface area contributed by atoms with Crippen LogP contribution in [-0.2, 0) is 19.0 Å². The molecule has 0 saturated heterocycles. The van der Waals surface area contributed by atoms with Crippen molar-refractivity contribution in [2.45, 2.75) is 56.8 Å². The molecule has 0 fully saturated rings. The molecular formula is C11H11F11O4. The lowest BCUT2D eigenvalue weighted by atomic mass is 10.2. The predicted octanol–water partition coefficient (Wildman–Crippen LogP) is 4.34. The van der Waals surface area contributed by atoms with Crippen molar-refractivity contribution >= 4 is 5.97 Å². The summed E-state index contributed by atoms with van der Waals surface area (Å²) in [7, 11) is 0. The number of ether oxygens (including phenoxy) is 3. The first kappa shape index (κ1) is 24.6. The molecule has 26 heavy (non-hydrogen) atoms. The Morgan fingerprint density at radius 1 is 0.769 bits per heavy atom. The molecule has 2 atom stereocenters. The van der Waals surface area contributed by atoms with E-state index in [9.17, 15) is 53.1 Å². The highest BCUT2D eigenvalue weighted by Crippen LogP contribution is 2.51. The van der Waals surface area contributed by atoms with Gasteiger partial charge in [-0.25, -0.2) is 9.18 Å². The fraction of sp³-hybridized carbons (Fsp3) is 0.909. The summed E-state index contributed by atoms with van der Waals surface area (Å²) in [6.45, 7) is -0.340. The number of hydrogen-bond acceptors (Lipinski definition) is 4. The number of halogens is 11. The van der Waals surface area contributed by atoms with E-state index in [0.717, 1.165) is 6.92 Å². The van der Waals surface area contributed by atoms with Crippen LogP contribution >= 0.6 is 0 Å². The standard InChI is InChI=1S/C11H11F11O4/c1-4-24-5(23)6(2,12)25-10(19,20)7(3,13)26-11(21,22)8(14,15)9(16,17)18/h4H2,1-3H3/t6-,7+/m1/s1. The maximum absolute atomic E-state index is 13.7. The molecule has 0 aliphatic carbocycles. The SMILES string of the molecule is CCOC(=O)[C@](C)(F)OC(F)(F)[C@@](C)(F)OC(F)(F)C(F)(F)C(F)(F)F. The third-order valence-electron chi connectivity index (χ3n) is 2.52. The fourth-order valence-electron chi connectivity index (χ4n) is 1.16. The Morgan fingerprint density at radius 3 is 1.54 bits per heavy atom. The van der Waals surface area contributed by atoms with Crippen LogP contribution in [-0.4, -0.2) is 48.6 Å². The second kappa shape index (κ2) is 6.98. The van der Waals surface area contributed by atoms with Gasteiger partial charge in [0.2, 0.25) is 0 Å². The molecule has 0 aromatic carbocycles. The first-order chi connectivity index (χ1) is 11.1.